The van der Waals surface area contributed by atoms with Gasteiger partial charge in [0, 0.05) is 38.3 Å². The second-order valence-electron chi connectivity index (χ2n) is 10.6. The number of anilines is 1. The second kappa shape index (κ2) is 11.1. The number of Topliss-reactive ketones (excluding diaryl/α,β-unsaturated/α-hetero) is 1. The van der Waals surface area contributed by atoms with Gasteiger partial charge in [-0.25, -0.2) is 4.39 Å². The van der Waals surface area contributed by atoms with Crippen molar-refractivity contribution in [2.45, 2.75) is 50.4 Å². The number of benzene rings is 3. The zero-order chi connectivity index (χ0) is 27.6. The number of piperidine rings is 1. The van der Waals surface area contributed by atoms with Gasteiger partial charge in [-0.15, -0.1) is 0 Å². The molecule has 1 fully saturated rings. The lowest BCUT2D eigenvalue weighted by Crippen LogP contribution is -2.43. The van der Waals surface area contributed by atoms with Crippen molar-refractivity contribution in [1.29, 1.82) is 0 Å². The van der Waals surface area contributed by atoms with Crippen LogP contribution >= 0.6 is 0 Å². The van der Waals surface area contributed by atoms with E-state index in [1.165, 1.54) is 29.3 Å². The molecule has 1 saturated heterocycles. The molecule has 2 heterocycles. The maximum atomic E-state index is 14.9. The Hall–Kier alpha value is -3.23. The fourth-order valence-corrected chi connectivity index (χ4v) is 5.66. The first kappa shape index (κ1) is 27.3. The van der Waals surface area contributed by atoms with E-state index in [-0.39, 0.29) is 23.3 Å². The summed E-state index contributed by atoms with van der Waals surface area (Å²) < 4.78 is 54.2. The molecule has 2 aliphatic heterocycles. The average molecular weight is 541 g/mol. The van der Waals surface area contributed by atoms with Gasteiger partial charge in [-0.1, -0.05) is 36.4 Å². The third kappa shape index (κ3) is 6.17. The zero-order valence-corrected chi connectivity index (χ0v) is 21.7. The molecule has 2 aliphatic rings. The number of ketones is 1. The van der Waals surface area contributed by atoms with Crippen molar-refractivity contribution in [3.05, 3.63) is 100 Å². The van der Waals surface area contributed by atoms with E-state index in [4.69, 9.17) is 0 Å². The van der Waals surface area contributed by atoms with Crippen molar-refractivity contribution >= 4 is 11.5 Å². The highest BCUT2D eigenvalue weighted by Gasteiger charge is 2.37. The van der Waals surface area contributed by atoms with Crippen LogP contribution in [0, 0.1) is 5.82 Å². The molecule has 0 radical (unpaired) electrons. The topological polar surface area (TPSA) is 43.8 Å². The lowest BCUT2D eigenvalue weighted by atomic mass is 9.83. The molecule has 8 heteroatoms. The lowest BCUT2D eigenvalue weighted by Gasteiger charge is -2.38. The van der Waals surface area contributed by atoms with E-state index in [1.54, 1.807) is 6.07 Å². The first-order chi connectivity index (χ1) is 18.6. The van der Waals surface area contributed by atoms with Gasteiger partial charge in [0.25, 0.3) is 0 Å². The maximum Gasteiger partial charge on any atom is 0.416 e. The number of nitrogens with zero attached hydrogens (tertiary/aromatic N) is 2. The van der Waals surface area contributed by atoms with Crippen LogP contribution in [0.5, 0.6) is 0 Å². The monoisotopic (exact) mass is 540 g/mol. The number of carbonyl (C=O) groups is 1. The van der Waals surface area contributed by atoms with Crippen molar-refractivity contribution in [1.82, 2.24) is 4.90 Å². The Balaban J connectivity index is 1.11. The largest absolute Gasteiger partial charge is 0.416 e. The molecular formula is C31H32F4N2O2. The van der Waals surface area contributed by atoms with Crippen molar-refractivity contribution in [2.24, 2.45) is 0 Å². The number of aliphatic hydroxyl groups is 1. The molecule has 5 rings (SSSR count). The van der Waals surface area contributed by atoms with Crippen LogP contribution in [0.25, 0.3) is 0 Å². The molecule has 1 N–H and O–H groups in total. The van der Waals surface area contributed by atoms with E-state index in [0.29, 0.717) is 45.4 Å². The van der Waals surface area contributed by atoms with Gasteiger partial charge in [-0.3, -0.25) is 4.79 Å². The minimum Gasteiger partial charge on any atom is -0.385 e. The summed E-state index contributed by atoms with van der Waals surface area (Å²) in [5.74, 6) is -0.763. The summed E-state index contributed by atoms with van der Waals surface area (Å²) in [6.45, 7) is 3.10. The van der Waals surface area contributed by atoms with Crippen LogP contribution in [-0.4, -0.2) is 42.0 Å². The summed E-state index contributed by atoms with van der Waals surface area (Å²) >= 11 is 0. The number of rotatable bonds is 7. The number of alkyl halides is 3. The minimum atomic E-state index is -4.46. The van der Waals surface area contributed by atoms with Crippen LogP contribution in [0.3, 0.4) is 0 Å². The van der Waals surface area contributed by atoms with E-state index in [9.17, 15) is 27.5 Å². The van der Waals surface area contributed by atoms with Gasteiger partial charge in [0.1, 0.15) is 5.82 Å². The number of halogens is 4. The molecule has 3 aromatic rings. The molecule has 0 aromatic heterocycles. The molecule has 0 saturated carbocycles. The summed E-state index contributed by atoms with van der Waals surface area (Å²) in [5, 5.41) is 11.0. The summed E-state index contributed by atoms with van der Waals surface area (Å²) in [7, 11) is 0. The Morgan fingerprint density at radius 3 is 2.38 bits per heavy atom. The molecule has 0 amide bonds. The number of hydrogen-bond donors (Lipinski definition) is 1. The first-order valence-corrected chi connectivity index (χ1v) is 13.4. The molecular weight excluding hydrogens is 508 g/mol. The molecule has 0 atom stereocenters. The van der Waals surface area contributed by atoms with Gasteiger partial charge in [0.15, 0.2) is 5.78 Å². The average Bonchev–Trinajstić information content (AvgIpc) is 2.93. The molecule has 3 aromatic carbocycles. The number of likely N-dealkylation sites (tertiary alicyclic amines) is 1. The van der Waals surface area contributed by atoms with Crippen LogP contribution in [0.15, 0.2) is 66.7 Å². The van der Waals surface area contributed by atoms with Crippen LogP contribution in [-0.2, 0) is 24.7 Å². The predicted octanol–water partition coefficient (Wildman–Crippen LogP) is 6.35. The van der Waals surface area contributed by atoms with Crippen molar-refractivity contribution < 1.29 is 27.5 Å². The molecule has 0 aliphatic carbocycles. The van der Waals surface area contributed by atoms with Crippen molar-refractivity contribution in [3.63, 3.8) is 0 Å². The molecule has 39 heavy (non-hydrogen) atoms. The van der Waals surface area contributed by atoms with E-state index >= 15 is 0 Å². The van der Waals surface area contributed by atoms with E-state index < -0.39 is 23.2 Å². The Morgan fingerprint density at radius 2 is 1.67 bits per heavy atom. The summed E-state index contributed by atoms with van der Waals surface area (Å²) in [5.41, 5.74) is 1.60. The van der Waals surface area contributed by atoms with Gasteiger partial charge in [0.05, 0.1) is 16.7 Å². The Kier molecular flexibility index (Phi) is 7.78. The van der Waals surface area contributed by atoms with Gasteiger partial charge in [-0.05, 0) is 79.3 Å². The minimum absolute atomic E-state index is 0.0914. The summed E-state index contributed by atoms with van der Waals surface area (Å²) in [6, 6.07) is 18.0. The first-order valence-electron chi connectivity index (χ1n) is 13.4. The quantitative estimate of drug-likeness (QED) is 0.280. The van der Waals surface area contributed by atoms with Gasteiger partial charge in [-0.2, -0.15) is 13.2 Å². The normalized spacial score (nSPS) is 17.6. The Labute approximate surface area is 225 Å². The highest BCUT2D eigenvalue weighted by molar-refractivity contribution is 5.96. The van der Waals surface area contributed by atoms with Crippen LogP contribution < -0.4 is 4.90 Å². The third-order valence-electron chi connectivity index (χ3n) is 8.04. The Bertz CT molecular complexity index is 1330. The molecule has 4 nitrogen and oxygen atoms in total. The molecule has 0 unspecified atom stereocenters. The van der Waals surface area contributed by atoms with Crippen molar-refractivity contribution in [3.8, 4) is 0 Å². The fraction of sp³-hybridized carbons (Fsp3) is 0.387. The van der Waals surface area contributed by atoms with Crippen molar-refractivity contribution in [2.75, 3.05) is 31.1 Å². The lowest BCUT2D eigenvalue weighted by molar-refractivity contribution is -0.137. The highest BCUT2D eigenvalue weighted by Crippen LogP contribution is 2.37. The van der Waals surface area contributed by atoms with Gasteiger partial charge < -0.3 is 14.9 Å². The van der Waals surface area contributed by atoms with Crippen LogP contribution in [0.2, 0.25) is 0 Å². The third-order valence-corrected chi connectivity index (χ3v) is 8.04. The van der Waals surface area contributed by atoms with E-state index in [0.717, 1.165) is 30.8 Å². The maximum absolute atomic E-state index is 14.9. The smallest absolute Gasteiger partial charge is 0.385 e. The number of carbonyl (C=O) groups excluding carboxylic acids is 1. The van der Waals surface area contributed by atoms with E-state index in [2.05, 4.69) is 21.9 Å². The van der Waals surface area contributed by atoms with Crippen LogP contribution in [0.1, 0.15) is 58.3 Å². The van der Waals surface area contributed by atoms with Gasteiger partial charge in [0.2, 0.25) is 0 Å². The predicted molar refractivity (Wildman–Crippen MR) is 142 cm³/mol. The summed E-state index contributed by atoms with van der Waals surface area (Å²) in [4.78, 5) is 17.0. The van der Waals surface area contributed by atoms with Crippen LogP contribution in [0.4, 0.5) is 23.2 Å². The SMILES string of the molecule is O=C(CCCN1CCC(O)(c2cccc(C(F)(F)F)c2)CC1)c1ccc(N2CCc3ccccc3C2)cc1F. The Morgan fingerprint density at radius 1 is 0.923 bits per heavy atom. The fourth-order valence-electron chi connectivity index (χ4n) is 5.66. The number of hydrogen-bond acceptors (Lipinski definition) is 4. The second-order valence-corrected chi connectivity index (χ2v) is 10.6. The summed E-state index contributed by atoms with van der Waals surface area (Å²) in [6.07, 6.45) is -2.23. The molecule has 0 bridgehead atoms. The number of fused-ring (bicyclic) bond motifs is 1. The van der Waals surface area contributed by atoms with E-state index in [1.807, 2.05) is 18.2 Å². The molecule has 0 spiro atoms. The molecule has 206 valence electrons. The standard InChI is InChI=1S/C31H32F4N2O2/c32-28-20-26(37-16-12-22-5-1-2-6-23(22)21-37)10-11-27(28)29(38)9-4-15-36-17-13-30(39,14-18-36)24-7-3-8-25(19-24)31(33,34)35/h1-3,5-8,10-11,19-20,39H,4,9,12-18,21H2. The highest BCUT2D eigenvalue weighted by atomic mass is 19.4. The van der Waals surface area contributed by atoms with Gasteiger partial charge >= 0.3 is 6.18 Å². The zero-order valence-electron chi connectivity index (χ0n) is 21.7.